The maximum Gasteiger partial charge on any atom is 0.129 e. The average molecular weight is 169 g/mol. The number of aromatic nitrogens is 2. The summed E-state index contributed by atoms with van der Waals surface area (Å²) in [5.74, 6) is 0.670. The average Bonchev–Trinajstić information content (AvgIpc) is 2.58. The maximum atomic E-state index is 4.22. The molecule has 0 spiro atoms. The second-order valence-electron chi connectivity index (χ2n) is 2.80. The SMILES string of the molecule is c1nsc(C2CCNCC2)n1. The molecule has 1 fully saturated rings. The summed E-state index contributed by atoms with van der Waals surface area (Å²) < 4.78 is 4.01. The normalized spacial score (nSPS) is 20.4. The molecule has 0 saturated carbocycles. The van der Waals surface area contributed by atoms with Gasteiger partial charge in [0.15, 0.2) is 0 Å². The highest BCUT2D eigenvalue weighted by atomic mass is 32.1. The van der Waals surface area contributed by atoms with Crippen molar-refractivity contribution in [3.05, 3.63) is 11.3 Å². The van der Waals surface area contributed by atoms with Crippen LogP contribution in [-0.4, -0.2) is 22.4 Å². The highest BCUT2D eigenvalue weighted by molar-refractivity contribution is 7.05. The lowest BCUT2D eigenvalue weighted by molar-refractivity contribution is 0.459. The van der Waals surface area contributed by atoms with Gasteiger partial charge in [-0.1, -0.05) is 0 Å². The molecule has 0 bridgehead atoms. The van der Waals surface area contributed by atoms with E-state index in [0.29, 0.717) is 5.92 Å². The van der Waals surface area contributed by atoms with Crippen molar-refractivity contribution in [2.45, 2.75) is 18.8 Å². The molecular weight excluding hydrogens is 158 g/mol. The molecule has 0 amide bonds. The highest BCUT2D eigenvalue weighted by Gasteiger charge is 2.17. The number of hydrogen-bond donors (Lipinski definition) is 1. The van der Waals surface area contributed by atoms with Crippen molar-refractivity contribution >= 4 is 11.5 Å². The summed E-state index contributed by atoms with van der Waals surface area (Å²) in [6.07, 6.45) is 4.09. The van der Waals surface area contributed by atoms with Crippen molar-refractivity contribution in [1.29, 1.82) is 0 Å². The Kier molecular flexibility index (Phi) is 2.14. The molecule has 11 heavy (non-hydrogen) atoms. The lowest BCUT2D eigenvalue weighted by Crippen LogP contribution is -2.26. The van der Waals surface area contributed by atoms with E-state index < -0.39 is 0 Å². The van der Waals surface area contributed by atoms with Crippen molar-refractivity contribution in [2.75, 3.05) is 13.1 Å². The van der Waals surface area contributed by atoms with Gasteiger partial charge in [0.1, 0.15) is 11.3 Å². The minimum absolute atomic E-state index is 0.670. The van der Waals surface area contributed by atoms with Crippen molar-refractivity contribution in [3.8, 4) is 0 Å². The number of nitrogens with one attached hydrogen (secondary N) is 1. The Morgan fingerprint density at radius 3 is 2.91 bits per heavy atom. The molecule has 1 aliphatic heterocycles. The summed E-state index contributed by atoms with van der Waals surface area (Å²) in [5.41, 5.74) is 0. The van der Waals surface area contributed by atoms with E-state index in [2.05, 4.69) is 14.7 Å². The Hall–Kier alpha value is -0.480. The zero-order valence-electron chi connectivity index (χ0n) is 6.29. The van der Waals surface area contributed by atoms with Crippen LogP contribution in [0.2, 0.25) is 0 Å². The van der Waals surface area contributed by atoms with Gasteiger partial charge in [0.2, 0.25) is 0 Å². The van der Waals surface area contributed by atoms with Crippen LogP contribution in [0.4, 0.5) is 0 Å². The molecule has 2 heterocycles. The first-order valence-corrected chi connectivity index (χ1v) is 4.71. The third-order valence-electron chi connectivity index (χ3n) is 2.07. The molecule has 0 aliphatic carbocycles. The molecule has 4 heteroatoms. The summed E-state index contributed by atoms with van der Waals surface area (Å²) in [6, 6.07) is 0. The smallest absolute Gasteiger partial charge is 0.129 e. The number of nitrogens with zero attached hydrogens (tertiary/aromatic N) is 2. The van der Waals surface area contributed by atoms with Gasteiger partial charge >= 0.3 is 0 Å². The maximum absolute atomic E-state index is 4.22. The van der Waals surface area contributed by atoms with Gasteiger partial charge in [-0.25, -0.2) is 4.98 Å². The van der Waals surface area contributed by atoms with Gasteiger partial charge in [-0.05, 0) is 37.5 Å². The van der Waals surface area contributed by atoms with E-state index in [9.17, 15) is 0 Å². The van der Waals surface area contributed by atoms with Crippen LogP contribution in [0, 0.1) is 0 Å². The standard InChI is InChI=1S/C7H11N3S/c1-3-8-4-2-6(1)7-9-5-10-11-7/h5-6,8H,1-4H2. The molecule has 0 unspecified atom stereocenters. The predicted octanol–water partition coefficient (Wildman–Crippen LogP) is 1.01. The molecule has 0 aromatic carbocycles. The van der Waals surface area contributed by atoms with Crippen molar-refractivity contribution in [1.82, 2.24) is 14.7 Å². The largest absolute Gasteiger partial charge is 0.317 e. The third kappa shape index (κ3) is 1.57. The predicted molar refractivity (Wildman–Crippen MR) is 44.8 cm³/mol. The molecule has 1 aromatic heterocycles. The molecule has 60 valence electrons. The van der Waals surface area contributed by atoms with Crippen LogP contribution < -0.4 is 5.32 Å². The van der Waals surface area contributed by atoms with Crippen LogP contribution in [-0.2, 0) is 0 Å². The van der Waals surface area contributed by atoms with E-state index in [1.807, 2.05) is 0 Å². The molecule has 3 nitrogen and oxygen atoms in total. The monoisotopic (exact) mass is 169 g/mol. The van der Waals surface area contributed by atoms with E-state index >= 15 is 0 Å². The fourth-order valence-corrected chi connectivity index (χ4v) is 2.11. The molecule has 1 aliphatic rings. The topological polar surface area (TPSA) is 37.8 Å². The molecule has 1 aromatic rings. The summed E-state index contributed by atoms with van der Waals surface area (Å²) >= 11 is 1.54. The number of piperidine rings is 1. The Labute approximate surface area is 70.0 Å². The minimum Gasteiger partial charge on any atom is -0.317 e. The lowest BCUT2D eigenvalue weighted by atomic mass is 9.99. The molecule has 0 radical (unpaired) electrons. The number of hydrogen-bond acceptors (Lipinski definition) is 4. The van der Waals surface area contributed by atoms with Gasteiger partial charge in [-0.15, -0.1) is 0 Å². The highest BCUT2D eigenvalue weighted by Crippen LogP contribution is 2.24. The fourth-order valence-electron chi connectivity index (χ4n) is 1.43. The van der Waals surface area contributed by atoms with E-state index in [4.69, 9.17) is 0 Å². The zero-order chi connectivity index (χ0) is 7.52. The van der Waals surface area contributed by atoms with Gasteiger partial charge in [0.05, 0.1) is 0 Å². The zero-order valence-corrected chi connectivity index (χ0v) is 7.10. The van der Waals surface area contributed by atoms with Crippen LogP contribution in [0.15, 0.2) is 6.33 Å². The first-order chi connectivity index (χ1) is 5.47. The van der Waals surface area contributed by atoms with Crippen LogP contribution in [0.5, 0.6) is 0 Å². The summed E-state index contributed by atoms with van der Waals surface area (Å²) in [4.78, 5) is 4.22. The van der Waals surface area contributed by atoms with Crippen LogP contribution in [0.25, 0.3) is 0 Å². The van der Waals surface area contributed by atoms with E-state index in [1.165, 1.54) is 17.8 Å². The van der Waals surface area contributed by atoms with Crippen LogP contribution in [0.1, 0.15) is 23.8 Å². The number of rotatable bonds is 1. The molecular formula is C7H11N3S. The second-order valence-corrected chi connectivity index (χ2v) is 3.62. The molecule has 1 N–H and O–H groups in total. The first-order valence-electron chi connectivity index (χ1n) is 3.94. The van der Waals surface area contributed by atoms with Gasteiger partial charge in [-0.3, -0.25) is 0 Å². The Balaban J connectivity index is 2.04. The van der Waals surface area contributed by atoms with E-state index in [0.717, 1.165) is 13.1 Å². The van der Waals surface area contributed by atoms with Crippen LogP contribution in [0.3, 0.4) is 0 Å². The first kappa shape index (κ1) is 7.18. The third-order valence-corrected chi connectivity index (χ3v) is 2.89. The molecule has 0 atom stereocenters. The van der Waals surface area contributed by atoms with Crippen molar-refractivity contribution in [3.63, 3.8) is 0 Å². The second kappa shape index (κ2) is 3.28. The summed E-state index contributed by atoms with van der Waals surface area (Å²) in [7, 11) is 0. The van der Waals surface area contributed by atoms with Gasteiger partial charge in [-0.2, -0.15) is 4.37 Å². The van der Waals surface area contributed by atoms with Gasteiger partial charge < -0.3 is 5.32 Å². The molecule has 1 saturated heterocycles. The van der Waals surface area contributed by atoms with Crippen LogP contribution >= 0.6 is 11.5 Å². The summed E-state index contributed by atoms with van der Waals surface area (Å²) in [5, 5.41) is 4.55. The lowest BCUT2D eigenvalue weighted by Gasteiger charge is -2.19. The Morgan fingerprint density at radius 1 is 1.45 bits per heavy atom. The summed E-state index contributed by atoms with van der Waals surface area (Å²) in [6.45, 7) is 2.26. The van der Waals surface area contributed by atoms with Gasteiger partial charge in [0, 0.05) is 5.92 Å². The minimum atomic E-state index is 0.670. The van der Waals surface area contributed by atoms with Gasteiger partial charge in [0.25, 0.3) is 0 Å². The molecule has 2 rings (SSSR count). The quantitative estimate of drug-likeness (QED) is 0.681. The Morgan fingerprint density at radius 2 is 2.27 bits per heavy atom. The fraction of sp³-hybridized carbons (Fsp3) is 0.714. The van der Waals surface area contributed by atoms with Crippen molar-refractivity contribution < 1.29 is 0 Å². The van der Waals surface area contributed by atoms with E-state index in [1.54, 1.807) is 17.9 Å². The van der Waals surface area contributed by atoms with Crippen molar-refractivity contribution in [2.24, 2.45) is 0 Å². The van der Waals surface area contributed by atoms with E-state index in [-0.39, 0.29) is 0 Å². The Bertz CT molecular complexity index is 203.